The molecule has 7 heteroatoms. The lowest BCUT2D eigenvalue weighted by Crippen LogP contribution is -2.46. The van der Waals surface area contributed by atoms with Gasteiger partial charge in [-0.2, -0.15) is 0 Å². The number of fused-ring (bicyclic) bond motifs is 1. The molecular weight excluding hydrogens is 444 g/mol. The normalized spacial score (nSPS) is 16.0. The molecule has 182 valence electrons. The number of carbonyl (C=O) groups excluding carboxylic acids is 2. The van der Waals surface area contributed by atoms with Crippen LogP contribution in [0.1, 0.15) is 60.3 Å². The van der Waals surface area contributed by atoms with Gasteiger partial charge in [-0.1, -0.05) is 44.0 Å². The van der Waals surface area contributed by atoms with Crippen molar-refractivity contribution < 1.29 is 23.5 Å². The van der Waals surface area contributed by atoms with Crippen LogP contribution in [0.3, 0.4) is 0 Å². The second kappa shape index (κ2) is 10.3. The van der Waals surface area contributed by atoms with Crippen molar-refractivity contribution in [3.63, 3.8) is 0 Å². The van der Waals surface area contributed by atoms with Gasteiger partial charge in [0, 0.05) is 17.8 Å². The van der Waals surface area contributed by atoms with Crippen molar-refractivity contribution in [3.8, 4) is 11.5 Å². The van der Waals surface area contributed by atoms with Gasteiger partial charge < -0.3 is 19.2 Å². The van der Waals surface area contributed by atoms with Crippen LogP contribution in [0.15, 0.2) is 65.3 Å². The summed E-state index contributed by atoms with van der Waals surface area (Å²) in [6.07, 6.45) is 6.43. The lowest BCUT2D eigenvalue weighted by atomic mass is 9.99. The van der Waals surface area contributed by atoms with Crippen molar-refractivity contribution in [1.82, 2.24) is 5.32 Å². The van der Waals surface area contributed by atoms with Gasteiger partial charge >= 0.3 is 0 Å². The van der Waals surface area contributed by atoms with Crippen LogP contribution in [0.2, 0.25) is 0 Å². The first-order chi connectivity index (χ1) is 17.1. The Morgan fingerprint density at radius 3 is 2.43 bits per heavy atom. The molecule has 1 aliphatic heterocycles. The number of nitrogens with one attached hydrogen (secondary N) is 1. The van der Waals surface area contributed by atoms with Gasteiger partial charge in [0.15, 0.2) is 17.3 Å². The summed E-state index contributed by atoms with van der Waals surface area (Å²) < 4.78 is 16.9. The summed E-state index contributed by atoms with van der Waals surface area (Å²) in [4.78, 5) is 29.2. The van der Waals surface area contributed by atoms with Gasteiger partial charge in [-0.05, 0) is 54.7 Å². The third kappa shape index (κ3) is 4.90. The van der Waals surface area contributed by atoms with Crippen LogP contribution in [0.4, 0.5) is 5.69 Å². The Kier molecular flexibility index (Phi) is 6.75. The molecule has 2 heterocycles. The van der Waals surface area contributed by atoms with Crippen LogP contribution in [-0.2, 0) is 11.2 Å². The minimum absolute atomic E-state index is 0.112. The lowest BCUT2D eigenvalue weighted by molar-refractivity contribution is -0.123. The summed E-state index contributed by atoms with van der Waals surface area (Å²) in [7, 11) is 0. The van der Waals surface area contributed by atoms with E-state index in [0.29, 0.717) is 30.4 Å². The van der Waals surface area contributed by atoms with Gasteiger partial charge in [0.2, 0.25) is 5.91 Å². The molecule has 35 heavy (non-hydrogen) atoms. The van der Waals surface area contributed by atoms with Gasteiger partial charge in [0.05, 0.1) is 6.26 Å². The van der Waals surface area contributed by atoms with Crippen LogP contribution >= 0.6 is 0 Å². The molecule has 1 N–H and O–H groups in total. The van der Waals surface area contributed by atoms with Crippen molar-refractivity contribution in [3.05, 3.63) is 77.7 Å². The molecule has 2 aromatic carbocycles. The number of anilines is 1. The highest BCUT2D eigenvalue weighted by Gasteiger charge is 2.36. The van der Waals surface area contributed by atoms with E-state index in [4.69, 9.17) is 13.9 Å². The third-order valence-electron chi connectivity index (χ3n) is 6.67. The first-order valence-corrected chi connectivity index (χ1v) is 12.3. The van der Waals surface area contributed by atoms with Crippen molar-refractivity contribution in [1.29, 1.82) is 0 Å². The molecule has 1 aromatic heterocycles. The zero-order chi connectivity index (χ0) is 24.2. The number of amides is 2. The monoisotopic (exact) mass is 474 g/mol. The Morgan fingerprint density at radius 2 is 1.74 bits per heavy atom. The molecule has 7 nitrogen and oxygen atoms in total. The average molecular weight is 475 g/mol. The standard InChI is InChI=1S/C28H30N2O5/c1-2-19-9-11-20(12-10-19)26(27(31)29-21-6-3-4-7-21)30(28(32)24-8-5-15-33-24)22-13-14-23-25(18-22)35-17-16-34-23/h5,8-15,18,21,26H,2-4,6-7,16-17H2,1H3,(H,29,31)/t26-/m0/s1. The molecule has 0 spiro atoms. The van der Waals surface area contributed by atoms with Crippen molar-refractivity contribution in [2.45, 2.75) is 51.1 Å². The molecule has 1 atom stereocenters. The number of aryl methyl sites for hydroxylation is 1. The fraction of sp³-hybridized carbons (Fsp3) is 0.357. The van der Waals surface area contributed by atoms with Crippen molar-refractivity contribution in [2.24, 2.45) is 0 Å². The lowest BCUT2D eigenvalue weighted by Gasteiger charge is -2.32. The Morgan fingerprint density at radius 1 is 1.00 bits per heavy atom. The number of nitrogens with zero attached hydrogens (tertiary/aromatic N) is 1. The number of rotatable bonds is 7. The maximum atomic E-state index is 13.8. The summed E-state index contributed by atoms with van der Waals surface area (Å²) in [5.41, 5.74) is 2.42. The molecular formula is C28H30N2O5. The van der Waals surface area contributed by atoms with E-state index in [2.05, 4.69) is 12.2 Å². The number of hydrogen-bond acceptors (Lipinski definition) is 5. The highest BCUT2D eigenvalue weighted by molar-refractivity contribution is 6.08. The molecule has 5 rings (SSSR count). The third-order valence-corrected chi connectivity index (χ3v) is 6.67. The Balaban J connectivity index is 1.60. The van der Waals surface area contributed by atoms with E-state index in [-0.39, 0.29) is 17.7 Å². The number of carbonyl (C=O) groups is 2. The SMILES string of the molecule is CCc1ccc([C@@H](C(=O)NC2CCCC2)N(C(=O)c2ccco2)c2ccc3c(c2)OCCO3)cc1. The van der Waals surface area contributed by atoms with Crippen LogP contribution in [0.25, 0.3) is 0 Å². The van der Waals surface area contributed by atoms with E-state index in [1.165, 1.54) is 11.2 Å². The summed E-state index contributed by atoms with van der Waals surface area (Å²) in [5, 5.41) is 3.20. The molecule has 1 aliphatic carbocycles. The smallest absolute Gasteiger partial charge is 0.294 e. The molecule has 1 saturated carbocycles. The molecule has 2 aliphatic rings. The molecule has 0 unspecified atom stereocenters. The highest BCUT2D eigenvalue weighted by Crippen LogP contribution is 2.38. The van der Waals surface area contributed by atoms with Crippen LogP contribution in [0.5, 0.6) is 11.5 Å². The zero-order valence-corrected chi connectivity index (χ0v) is 19.9. The zero-order valence-electron chi connectivity index (χ0n) is 19.9. The van der Waals surface area contributed by atoms with Crippen LogP contribution in [0, 0.1) is 0 Å². The van der Waals surface area contributed by atoms with E-state index in [0.717, 1.165) is 43.2 Å². The maximum absolute atomic E-state index is 13.8. The Hall–Kier alpha value is -3.74. The first kappa shape index (κ1) is 23.0. The largest absolute Gasteiger partial charge is 0.486 e. The number of ether oxygens (including phenoxy) is 2. The van der Waals surface area contributed by atoms with Crippen LogP contribution in [-0.4, -0.2) is 31.1 Å². The molecule has 1 fully saturated rings. The van der Waals surface area contributed by atoms with Crippen molar-refractivity contribution >= 4 is 17.5 Å². The summed E-state index contributed by atoms with van der Waals surface area (Å²) in [6, 6.07) is 15.7. The fourth-order valence-corrected chi connectivity index (χ4v) is 4.79. The van der Waals surface area contributed by atoms with Gasteiger partial charge in [-0.25, -0.2) is 0 Å². The molecule has 0 radical (unpaired) electrons. The van der Waals surface area contributed by atoms with Crippen molar-refractivity contribution in [2.75, 3.05) is 18.1 Å². The van der Waals surface area contributed by atoms with Gasteiger partial charge in [-0.15, -0.1) is 0 Å². The minimum Gasteiger partial charge on any atom is -0.486 e. The predicted molar refractivity (Wildman–Crippen MR) is 132 cm³/mol. The van der Waals surface area contributed by atoms with Gasteiger partial charge in [0.1, 0.15) is 19.3 Å². The van der Waals surface area contributed by atoms with E-state index in [9.17, 15) is 9.59 Å². The number of hydrogen-bond donors (Lipinski definition) is 1. The molecule has 3 aromatic rings. The second-order valence-corrected chi connectivity index (χ2v) is 8.97. The summed E-state index contributed by atoms with van der Waals surface area (Å²) in [6.45, 7) is 2.98. The topological polar surface area (TPSA) is 81.0 Å². The molecule has 2 amide bonds. The van der Waals surface area contributed by atoms with Gasteiger partial charge in [-0.3, -0.25) is 14.5 Å². The van der Waals surface area contributed by atoms with E-state index in [1.54, 1.807) is 30.3 Å². The summed E-state index contributed by atoms with van der Waals surface area (Å²) >= 11 is 0. The fourth-order valence-electron chi connectivity index (χ4n) is 4.79. The number of furan rings is 1. The average Bonchev–Trinajstić information content (AvgIpc) is 3.61. The quantitative estimate of drug-likeness (QED) is 0.518. The molecule has 0 saturated heterocycles. The Bertz CT molecular complexity index is 1170. The minimum atomic E-state index is -0.887. The summed E-state index contributed by atoms with van der Waals surface area (Å²) in [5.74, 6) is 0.699. The number of benzene rings is 2. The van der Waals surface area contributed by atoms with Crippen LogP contribution < -0.4 is 19.7 Å². The Labute approximate surface area is 205 Å². The van der Waals surface area contributed by atoms with E-state index < -0.39 is 11.9 Å². The first-order valence-electron chi connectivity index (χ1n) is 12.3. The maximum Gasteiger partial charge on any atom is 0.294 e. The second-order valence-electron chi connectivity index (χ2n) is 8.97. The predicted octanol–water partition coefficient (Wildman–Crippen LogP) is 5.06. The van der Waals surface area contributed by atoms with Gasteiger partial charge in [0.25, 0.3) is 5.91 Å². The molecule has 0 bridgehead atoms. The highest BCUT2D eigenvalue weighted by atomic mass is 16.6. The van der Waals surface area contributed by atoms with E-state index in [1.807, 2.05) is 24.3 Å². The van der Waals surface area contributed by atoms with E-state index >= 15 is 0 Å².